The first-order valence-corrected chi connectivity index (χ1v) is 8.18. The molecule has 1 saturated heterocycles. The van der Waals surface area contributed by atoms with Gasteiger partial charge in [0, 0.05) is 0 Å². The number of aliphatic carboxylic acids is 1. The predicted octanol–water partition coefficient (Wildman–Crippen LogP) is -2.93. The van der Waals surface area contributed by atoms with E-state index in [-0.39, 0.29) is 0 Å². The van der Waals surface area contributed by atoms with E-state index >= 15 is 0 Å². The van der Waals surface area contributed by atoms with E-state index in [9.17, 15) is 14.7 Å². The van der Waals surface area contributed by atoms with Crippen molar-refractivity contribution < 1.29 is 24.3 Å². The fraction of sp³-hybridized carbons (Fsp3) is 0.833. The van der Waals surface area contributed by atoms with Crippen LogP contribution in [0.3, 0.4) is 0 Å². The molecule has 1 fully saturated rings. The van der Waals surface area contributed by atoms with Gasteiger partial charge in [-0.3, -0.25) is 0 Å². The van der Waals surface area contributed by atoms with Gasteiger partial charge < -0.3 is 30.2 Å². The molecule has 0 aromatic rings. The number of rotatable bonds is 8. The van der Waals surface area contributed by atoms with Crippen molar-refractivity contribution in [3.05, 3.63) is 0 Å². The molecule has 0 saturated carbocycles. The molecule has 1 rings (SSSR count). The lowest BCUT2D eigenvalue weighted by molar-refractivity contribution is -0.906. The zero-order valence-electron chi connectivity index (χ0n) is 11.8. The maximum absolute atomic E-state index is 11.6. The van der Waals surface area contributed by atoms with Gasteiger partial charge >= 0.3 is 6.03 Å². The van der Waals surface area contributed by atoms with Crippen LogP contribution in [0.25, 0.3) is 0 Å². The molecule has 8 heteroatoms. The standard InChI is InChI=1S/C12H23N3O4S/c1-20-9-2-10(11(16)17)14-12(18)13-3-4-15-5-7-19-8-6-15/h10H,2-9H2,1H3,(H,16,17)(H2,13,14,18)/t10-/m0/s1. The third kappa shape index (κ3) is 6.97. The van der Waals surface area contributed by atoms with Gasteiger partial charge in [-0.15, -0.1) is 0 Å². The van der Waals surface area contributed by atoms with E-state index in [2.05, 4.69) is 10.6 Å². The number of thioether (sulfide) groups is 1. The monoisotopic (exact) mass is 305 g/mol. The summed E-state index contributed by atoms with van der Waals surface area (Å²) in [5.74, 6) is -0.579. The Hall–Kier alpha value is -0.990. The maximum Gasteiger partial charge on any atom is 0.315 e. The number of nitrogens with one attached hydrogen (secondary N) is 3. The molecule has 1 atom stereocenters. The van der Waals surface area contributed by atoms with Gasteiger partial charge in [-0.05, 0) is 18.4 Å². The van der Waals surface area contributed by atoms with Crippen LogP contribution >= 0.6 is 11.8 Å². The fourth-order valence-corrected chi connectivity index (χ4v) is 2.43. The Morgan fingerprint density at radius 3 is 2.70 bits per heavy atom. The molecule has 0 bridgehead atoms. The Bertz CT molecular complexity index is 311. The number of carbonyl (C=O) groups is 2. The van der Waals surface area contributed by atoms with Crippen LogP contribution < -0.4 is 20.6 Å². The van der Waals surface area contributed by atoms with Crippen LogP contribution in [0, 0.1) is 0 Å². The summed E-state index contributed by atoms with van der Waals surface area (Å²) in [4.78, 5) is 23.9. The molecule has 2 amide bonds. The highest BCUT2D eigenvalue weighted by Gasteiger charge is 2.15. The van der Waals surface area contributed by atoms with Crippen LogP contribution in [0.5, 0.6) is 0 Å². The van der Waals surface area contributed by atoms with Crippen LogP contribution in [0.1, 0.15) is 6.42 Å². The Balaban J connectivity index is 2.18. The molecule has 0 aromatic carbocycles. The Morgan fingerprint density at radius 2 is 2.10 bits per heavy atom. The van der Waals surface area contributed by atoms with Crippen molar-refractivity contribution in [1.82, 2.24) is 10.6 Å². The lowest BCUT2D eigenvalue weighted by Crippen LogP contribution is -3.14. The highest BCUT2D eigenvalue weighted by Crippen LogP contribution is 1.99. The van der Waals surface area contributed by atoms with Crippen LogP contribution in [0.2, 0.25) is 0 Å². The average Bonchev–Trinajstić information content (AvgIpc) is 2.44. The second kappa shape index (κ2) is 9.84. The van der Waals surface area contributed by atoms with Gasteiger partial charge in [-0.2, -0.15) is 11.8 Å². The van der Waals surface area contributed by atoms with E-state index in [1.165, 1.54) is 16.7 Å². The molecule has 0 radical (unpaired) electrons. The van der Waals surface area contributed by atoms with E-state index in [0.717, 1.165) is 32.8 Å². The molecule has 116 valence electrons. The summed E-state index contributed by atoms with van der Waals surface area (Å²) in [5.41, 5.74) is 0. The Morgan fingerprint density at radius 1 is 1.40 bits per heavy atom. The van der Waals surface area contributed by atoms with Crippen molar-refractivity contribution in [2.45, 2.75) is 12.5 Å². The van der Waals surface area contributed by atoms with E-state index in [1.54, 1.807) is 0 Å². The second-order valence-electron chi connectivity index (χ2n) is 4.67. The zero-order valence-corrected chi connectivity index (χ0v) is 12.6. The number of ether oxygens (including phenoxy) is 1. The van der Waals surface area contributed by atoms with E-state index in [0.29, 0.717) is 18.7 Å². The number of carboxylic acid groups (broad SMARTS) is 1. The molecule has 20 heavy (non-hydrogen) atoms. The van der Waals surface area contributed by atoms with E-state index < -0.39 is 18.0 Å². The minimum Gasteiger partial charge on any atom is -0.548 e. The minimum atomic E-state index is -1.24. The minimum absolute atomic E-state index is 0.367. The average molecular weight is 305 g/mol. The molecule has 1 aliphatic heterocycles. The first kappa shape index (κ1) is 17.1. The van der Waals surface area contributed by atoms with Crippen LogP contribution in [-0.4, -0.2) is 69.4 Å². The van der Waals surface area contributed by atoms with Gasteiger partial charge in [0.15, 0.2) is 0 Å². The number of amides is 2. The molecular weight excluding hydrogens is 282 g/mol. The normalized spacial score (nSPS) is 17.4. The summed E-state index contributed by atoms with van der Waals surface area (Å²) in [6.07, 6.45) is 2.25. The molecule has 0 aliphatic carbocycles. The Kier molecular flexibility index (Phi) is 8.40. The van der Waals surface area contributed by atoms with Gasteiger partial charge in [-0.1, -0.05) is 0 Å². The quantitative estimate of drug-likeness (QED) is 0.446. The topological polar surface area (TPSA) is 94.9 Å². The first-order valence-electron chi connectivity index (χ1n) is 6.79. The number of carboxylic acids is 1. The van der Waals surface area contributed by atoms with Crippen LogP contribution in [0.15, 0.2) is 0 Å². The van der Waals surface area contributed by atoms with Gasteiger partial charge in [0.25, 0.3) is 0 Å². The third-order valence-corrected chi connectivity index (χ3v) is 3.81. The van der Waals surface area contributed by atoms with Crippen molar-refractivity contribution in [3.63, 3.8) is 0 Å². The molecule has 7 nitrogen and oxygen atoms in total. The SMILES string of the molecule is CSCC[C@H](NC(=O)NCC[NH+]1CCOCC1)C(=O)[O-]. The second-order valence-corrected chi connectivity index (χ2v) is 5.65. The van der Waals surface area contributed by atoms with Crippen molar-refractivity contribution in [1.29, 1.82) is 0 Å². The predicted molar refractivity (Wildman–Crippen MR) is 74.7 cm³/mol. The molecule has 0 aromatic heterocycles. The first-order chi connectivity index (χ1) is 9.63. The third-order valence-electron chi connectivity index (χ3n) is 3.16. The number of quaternary nitrogens is 1. The molecule has 3 N–H and O–H groups in total. The van der Waals surface area contributed by atoms with Crippen molar-refractivity contribution in [3.8, 4) is 0 Å². The lowest BCUT2D eigenvalue weighted by atomic mass is 10.2. The van der Waals surface area contributed by atoms with Crippen molar-refractivity contribution in [2.24, 2.45) is 0 Å². The number of carbonyl (C=O) groups excluding carboxylic acids is 2. The summed E-state index contributed by atoms with van der Waals surface area (Å²) < 4.78 is 5.25. The molecule has 0 unspecified atom stereocenters. The number of urea groups is 1. The van der Waals surface area contributed by atoms with Crippen molar-refractivity contribution in [2.75, 3.05) is 51.4 Å². The fourth-order valence-electron chi connectivity index (χ4n) is 1.96. The summed E-state index contributed by atoms with van der Waals surface area (Å²) in [6.45, 7) is 4.73. The van der Waals surface area contributed by atoms with Gasteiger partial charge in [-0.25, -0.2) is 4.79 Å². The van der Waals surface area contributed by atoms with Crippen LogP contribution in [0.4, 0.5) is 4.79 Å². The number of hydrogen-bond acceptors (Lipinski definition) is 5. The summed E-state index contributed by atoms with van der Waals surface area (Å²) in [5, 5.41) is 16.0. The summed E-state index contributed by atoms with van der Waals surface area (Å²) >= 11 is 1.53. The molecular formula is C12H23N3O4S. The van der Waals surface area contributed by atoms with Gasteiger partial charge in [0.2, 0.25) is 0 Å². The number of hydrogen-bond donors (Lipinski definition) is 3. The van der Waals surface area contributed by atoms with Crippen molar-refractivity contribution >= 4 is 23.8 Å². The summed E-state index contributed by atoms with van der Waals surface area (Å²) in [7, 11) is 0. The number of morpholine rings is 1. The zero-order chi connectivity index (χ0) is 14.8. The lowest BCUT2D eigenvalue weighted by Gasteiger charge is -2.24. The molecule has 0 spiro atoms. The highest BCUT2D eigenvalue weighted by molar-refractivity contribution is 7.98. The van der Waals surface area contributed by atoms with Crippen LogP contribution in [-0.2, 0) is 9.53 Å². The smallest absolute Gasteiger partial charge is 0.315 e. The van der Waals surface area contributed by atoms with Gasteiger partial charge in [0.05, 0.1) is 38.3 Å². The highest BCUT2D eigenvalue weighted by atomic mass is 32.2. The van der Waals surface area contributed by atoms with E-state index in [1.807, 2.05) is 6.26 Å². The Labute approximate surface area is 123 Å². The summed E-state index contributed by atoms with van der Waals surface area (Å²) in [6, 6.07) is -1.38. The maximum atomic E-state index is 11.6. The molecule has 1 aliphatic rings. The largest absolute Gasteiger partial charge is 0.548 e. The van der Waals surface area contributed by atoms with E-state index in [4.69, 9.17) is 4.74 Å². The van der Waals surface area contributed by atoms with Gasteiger partial charge in [0.1, 0.15) is 13.1 Å². The molecule has 1 heterocycles.